The maximum Gasteiger partial charge on any atom is 0.332 e. The van der Waals surface area contributed by atoms with Crippen molar-refractivity contribution >= 4 is 33.7 Å². The zero-order valence-electron chi connectivity index (χ0n) is 17.7. The van der Waals surface area contributed by atoms with Gasteiger partial charge in [0.2, 0.25) is 0 Å². The van der Waals surface area contributed by atoms with Gasteiger partial charge in [0, 0.05) is 23.4 Å². The van der Waals surface area contributed by atoms with Crippen molar-refractivity contribution in [3.63, 3.8) is 0 Å². The zero-order chi connectivity index (χ0) is 22.2. The van der Waals surface area contributed by atoms with Crippen LogP contribution in [0.25, 0.3) is 10.9 Å². The van der Waals surface area contributed by atoms with Gasteiger partial charge in [-0.2, -0.15) is 0 Å². The van der Waals surface area contributed by atoms with Gasteiger partial charge in [0.25, 0.3) is 0 Å². The number of carboxylic acids is 1. The van der Waals surface area contributed by atoms with E-state index in [1.807, 2.05) is 30.3 Å². The monoisotopic (exact) mass is 440 g/mol. The quantitative estimate of drug-likeness (QED) is 0.553. The number of hydrogen-bond acceptors (Lipinski definition) is 4. The first-order chi connectivity index (χ1) is 14.6. The van der Waals surface area contributed by atoms with E-state index in [4.69, 9.17) is 4.74 Å². The molecular formula is C24H25FN2O3S. The number of aliphatic carboxylic acids is 1. The number of carboxylic acid groups (broad SMARTS) is 1. The lowest BCUT2D eigenvalue weighted by atomic mass is 9.87. The number of aliphatic imine (C=N–C) groups is 1. The summed E-state index contributed by atoms with van der Waals surface area (Å²) >= 11 is 1.40. The van der Waals surface area contributed by atoms with E-state index in [9.17, 15) is 14.3 Å². The molecule has 162 valence electrons. The Morgan fingerprint density at radius 3 is 2.65 bits per heavy atom. The minimum atomic E-state index is -1.27. The first-order valence-electron chi connectivity index (χ1n) is 10.1. The third-order valence-electron chi connectivity index (χ3n) is 5.42. The predicted molar refractivity (Wildman–Crippen MR) is 123 cm³/mol. The van der Waals surface area contributed by atoms with Gasteiger partial charge in [0.1, 0.15) is 23.2 Å². The van der Waals surface area contributed by atoms with Crippen LogP contribution in [0.5, 0.6) is 5.75 Å². The molecule has 0 amide bonds. The highest BCUT2D eigenvalue weighted by Crippen LogP contribution is 2.33. The normalized spacial score (nSPS) is 18.9. The van der Waals surface area contributed by atoms with E-state index in [0.717, 1.165) is 11.1 Å². The van der Waals surface area contributed by atoms with Gasteiger partial charge in [0.05, 0.1) is 0 Å². The van der Waals surface area contributed by atoms with E-state index in [2.05, 4.69) is 30.7 Å². The number of rotatable bonds is 6. The Labute approximate surface area is 184 Å². The predicted octanol–water partition coefficient (Wildman–Crippen LogP) is 5.19. The molecule has 2 N–H and O–H groups in total. The van der Waals surface area contributed by atoms with Gasteiger partial charge >= 0.3 is 5.97 Å². The van der Waals surface area contributed by atoms with Gasteiger partial charge in [-0.3, -0.25) is 4.99 Å². The van der Waals surface area contributed by atoms with Crippen LogP contribution in [0.1, 0.15) is 32.0 Å². The number of halogens is 1. The second kappa shape index (κ2) is 8.04. The van der Waals surface area contributed by atoms with Crippen LogP contribution in [0.15, 0.2) is 53.5 Å². The second-order valence-corrected chi connectivity index (χ2v) is 9.95. The van der Waals surface area contributed by atoms with Gasteiger partial charge in [-0.15, -0.1) is 11.8 Å². The Kier molecular flexibility index (Phi) is 5.56. The summed E-state index contributed by atoms with van der Waals surface area (Å²) < 4.78 is 19.3. The highest BCUT2D eigenvalue weighted by Gasteiger charge is 2.43. The van der Waals surface area contributed by atoms with Crippen molar-refractivity contribution in [2.24, 2.45) is 4.99 Å². The summed E-state index contributed by atoms with van der Waals surface area (Å²) in [6.07, 6.45) is 0.204. The minimum absolute atomic E-state index is 0.0688. The molecule has 0 fully saturated rings. The van der Waals surface area contributed by atoms with Crippen LogP contribution in [0.4, 0.5) is 4.39 Å². The van der Waals surface area contributed by atoms with E-state index in [-0.39, 0.29) is 24.3 Å². The standard InChI is InChI=1S/C24H25FN2O3S/c1-23(2,3)16-5-8-19(9-6-16)30-13-21-27-24(14-31-21,22(28)29)12-18-10-15-4-7-17(25)11-20(15)26-18/h4-11,26H,12-14H2,1-3H3,(H,28,29). The SMILES string of the molecule is CC(C)(C)c1ccc(OCC2=NC(Cc3cc4ccc(F)cc4[nH]3)(C(=O)O)CS2)cc1. The molecule has 1 aromatic heterocycles. The number of nitrogens with zero attached hydrogens (tertiary/aromatic N) is 1. The van der Waals surface area contributed by atoms with Crippen LogP contribution in [0.3, 0.4) is 0 Å². The lowest BCUT2D eigenvalue weighted by molar-refractivity contribution is -0.142. The highest BCUT2D eigenvalue weighted by atomic mass is 32.2. The number of carbonyl (C=O) groups is 1. The number of nitrogens with one attached hydrogen (secondary N) is 1. The van der Waals surface area contributed by atoms with Crippen LogP contribution < -0.4 is 4.74 Å². The molecule has 1 atom stereocenters. The first-order valence-corrected chi connectivity index (χ1v) is 11.1. The molecule has 31 heavy (non-hydrogen) atoms. The van der Waals surface area contributed by atoms with E-state index in [1.54, 1.807) is 6.07 Å². The number of ether oxygens (including phenoxy) is 1. The number of H-pyrrole nitrogens is 1. The largest absolute Gasteiger partial charge is 0.487 e. The summed E-state index contributed by atoms with van der Waals surface area (Å²) in [6.45, 7) is 6.69. The number of benzene rings is 2. The average molecular weight is 441 g/mol. The second-order valence-electron chi connectivity index (χ2n) is 8.90. The number of aromatic amines is 1. The van der Waals surface area contributed by atoms with Crippen LogP contribution in [0.2, 0.25) is 0 Å². The fourth-order valence-corrected chi connectivity index (χ4v) is 4.70. The molecule has 5 nitrogen and oxygen atoms in total. The smallest absolute Gasteiger partial charge is 0.332 e. The molecule has 0 bridgehead atoms. The van der Waals surface area contributed by atoms with Gasteiger partial charge < -0.3 is 14.8 Å². The Balaban J connectivity index is 1.48. The van der Waals surface area contributed by atoms with Gasteiger partial charge in [-0.1, -0.05) is 32.9 Å². The highest BCUT2D eigenvalue weighted by molar-refractivity contribution is 8.14. The molecule has 7 heteroatoms. The van der Waals surface area contributed by atoms with Crippen molar-refractivity contribution in [1.82, 2.24) is 4.98 Å². The number of thioether (sulfide) groups is 1. The topological polar surface area (TPSA) is 74.7 Å². The lowest BCUT2D eigenvalue weighted by Crippen LogP contribution is -2.39. The lowest BCUT2D eigenvalue weighted by Gasteiger charge is -2.19. The zero-order valence-corrected chi connectivity index (χ0v) is 18.6. The Bertz CT molecular complexity index is 1150. The summed E-state index contributed by atoms with van der Waals surface area (Å²) in [7, 11) is 0. The van der Waals surface area contributed by atoms with Crippen molar-refractivity contribution in [2.75, 3.05) is 12.4 Å². The van der Waals surface area contributed by atoms with Crippen molar-refractivity contribution in [3.8, 4) is 5.75 Å². The molecule has 1 aliphatic heterocycles. The number of hydrogen-bond donors (Lipinski definition) is 2. The fraction of sp³-hybridized carbons (Fsp3) is 0.333. The summed E-state index contributed by atoms with van der Waals surface area (Å²) in [4.78, 5) is 19.8. The van der Waals surface area contributed by atoms with Crippen LogP contribution in [0, 0.1) is 5.82 Å². The molecular weight excluding hydrogens is 415 g/mol. The molecule has 3 aromatic rings. The summed E-state index contributed by atoms with van der Waals surface area (Å²) in [6, 6.07) is 14.3. The van der Waals surface area contributed by atoms with Gasteiger partial charge in [0.15, 0.2) is 5.54 Å². The Morgan fingerprint density at radius 1 is 1.23 bits per heavy atom. The first kappa shape index (κ1) is 21.4. The molecule has 4 rings (SSSR count). The molecule has 0 radical (unpaired) electrons. The molecule has 2 aromatic carbocycles. The van der Waals surface area contributed by atoms with Crippen LogP contribution in [-0.2, 0) is 16.6 Å². The fourth-order valence-electron chi connectivity index (χ4n) is 3.62. The molecule has 0 saturated carbocycles. The van der Waals surface area contributed by atoms with E-state index in [0.29, 0.717) is 22.0 Å². The maximum absolute atomic E-state index is 13.5. The molecule has 0 aliphatic carbocycles. The molecule has 0 saturated heterocycles. The summed E-state index contributed by atoms with van der Waals surface area (Å²) in [5, 5.41) is 11.4. The Hall–Kier alpha value is -2.80. The Morgan fingerprint density at radius 2 is 1.97 bits per heavy atom. The van der Waals surface area contributed by atoms with Crippen molar-refractivity contribution < 1.29 is 19.0 Å². The average Bonchev–Trinajstić information content (AvgIpc) is 3.30. The third kappa shape index (κ3) is 4.61. The molecule has 2 heterocycles. The third-order valence-corrected chi connectivity index (χ3v) is 6.58. The number of aromatic nitrogens is 1. The van der Waals surface area contributed by atoms with Crippen molar-refractivity contribution in [3.05, 3.63) is 65.6 Å². The molecule has 1 aliphatic rings. The summed E-state index contributed by atoms with van der Waals surface area (Å²) in [5.74, 6) is -0.261. The van der Waals surface area contributed by atoms with E-state index in [1.165, 1.54) is 29.5 Å². The molecule has 0 spiro atoms. The van der Waals surface area contributed by atoms with Crippen molar-refractivity contribution in [1.29, 1.82) is 0 Å². The maximum atomic E-state index is 13.5. The van der Waals surface area contributed by atoms with Gasteiger partial charge in [-0.25, -0.2) is 9.18 Å². The summed E-state index contributed by atoms with van der Waals surface area (Å²) in [5.41, 5.74) is 1.38. The van der Waals surface area contributed by atoms with Crippen molar-refractivity contribution in [2.45, 2.75) is 38.1 Å². The minimum Gasteiger partial charge on any atom is -0.487 e. The van der Waals surface area contributed by atoms with Gasteiger partial charge in [-0.05, 0) is 52.8 Å². The van der Waals surface area contributed by atoms with Crippen LogP contribution >= 0.6 is 11.8 Å². The number of fused-ring (bicyclic) bond motifs is 1. The molecule has 1 unspecified atom stereocenters. The van der Waals surface area contributed by atoms with Crippen LogP contribution in [-0.4, -0.2) is 39.0 Å². The van der Waals surface area contributed by atoms with E-state index < -0.39 is 11.5 Å². The van der Waals surface area contributed by atoms with E-state index >= 15 is 0 Å².